The molecular weight excluding hydrogens is 275 g/mol. The van der Waals surface area contributed by atoms with Gasteiger partial charge in [-0.2, -0.15) is 0 Å². The molecule has 7 heteroatoms. The van der Waals surface area contributed by atoms with Crippen LogP contribution in [-0.4, -0.2) is 35.0 Å². The molecule has 1 N–H and O–H groups in total. The largest absolute Gasteiger partial charge is 0.481 e. The number of carbonyl (C=O) groups excluding carboxylic acids is 1. The van der Waals surface area contributed by atoms with Gasteiger partial charge in [0.05, 0.1) is 5.92 Å². The minimum atomic E-state index is -1.29. The summed E-state index contributed by atoms with van der Waals surface area (Å²) in [5.74, 6) is -6.82. The molecule has 1 aromatic carbocycles. The number of carboxylic acid groups (broad SMARTS) is 1. The molecule has 108 valence electrons. The Bertz CT molecular complexity index is 553. The fraction of sp³-hybridized carbons (Fsp3) is 0.385. The summed E-state index contributed by atoms with van der Waals surface area (Å²) < 4.78 is 39.8. The van der Waals surface area contributed by atoms with Crippen LogP contribution >= 0.6 is 0 Å². The van der Waals surface area contributed by atoms with Crippen molar-refractivity contribution >= 4 is 11.9 Å². The summed E-state index contributed by atoms with van der Waals surface area (Å²) in [6.45, 7) is 1.61. The molecule has 1 aliphatic rings. The third-order valence-corrected chi connectivity index (χ3v) is 3.44. The second-order valence-corrected chi connectivity index (χ2v) is 4.88. The van der Waals surface area contributed by atoms with E-state index in [0.29, 0.717) is 12.1 Å². The first-order chi connectivity index (χ1) is 9.31. The Kier molecular flexibility index (Phi) is 3.69. The molecule has 1 aromatic rings. The molecule has 1 heterocycles. The van der Waals surface area contributed by atoms with Crippen LogP contribution in [0.2, 0.25) is 0 Å². The summed E-state index contributed by atoms with van der Waals surface area (Å²) in [5, 5.41) is 8.96. The minimum absolute atomic E-state index is 0.0893. The normalized spacial score (nSPS) is 22.1. The predicted molar refractivity (Wildman–Crippen MR) is 62.5 cm³/mol. The maximum Gasteiger partial charge on any atom is 0.308 e. The maximum absolute atomic E-state index is 13.5. The third-order valence-electron chi connectivity index (χ3n) is 3.44. The number of carbonyl (C=O) groups is 2. The fourth-order valence-electron chi connectivity index (χ4n) is 2.36. The number of aliphatic carboxylic acids is 1. The van der Waals surface area contributed by atoms with Crippen molar-refractivity contribution in [3.63, 3.8) is 0 Å². The van der Waals surface area contributed by atoms with Crippen molar-refractivity contribution in [1.29, 1.82) is 0 Å². The maximum atomic E-state index is 13.5. The number of benzene rings is 1. The van der Waals surface area contributed by atoms with E-state index in [4.69, 9.17) is 5.11 Å². The average molecular weight is 287 g/mol. The Morgan fingerprint density at radius 3 is 2.20 bits per heavy atom. The van der Waals surface area contributed by atoms with Crippen molar-refractivity contribution in [3.05, 3.63) is 35.1 Å². The lowest BCUT2D eigenvalue weighted by molar-refractivity contribution is -0.142. The van der Waals surface area contributed by atoms with Crippen molar-refractivity contribution in [1.82, 2.24) is 4.90 Å². The highest BCUT2D eigenvalue weighted by Crippen LogP contribution is 2.26. The Balaban J connectivity index is 2.28. The number of amides is 1. The molecule has 20 heavy (non-hydrogen) atoms. The number of carboxylic acids is 1. The molecule has 1 aliphatic heterocycles. The summed E-state index contributed by atoms with van der Waals surface area (Å²) in [6.07, 6.45) is 0. The number of likely N-dealkylation sites (tertiary alicyclic amines) is 1. The molecule has 0 aliphatic carbocycles. The molecule has 2 atom stereocenters. The van der Waals surface area contributed by atoms with Crippen molar-refractivity contribution in [3.8, 4) is 0 Å². The summed E-state index contributed by atoms with van der Waals surface area (Å²) in [7, 11) is 0. The van der Waals surface area contributed by atoms with Crippen LogP contribution in [0, 0.1) is 29.3 Å². The van der Waals surface area contributed by atoms with E-state index in [-0.39, 0.29) is 19.0 Å². The highest BCUT2D eigenvalue weighted by molar-refractivity contribution is 5.95. The molecule has 0 radical (unpaired) electrons. The van der Waals surface area contributed by atoms with Crippen LogP contribution in [0.25, 0.3) is 0 Å². The Labute approximate surface area is 112 Å². The molecular formula is C13H12F3NO3. The smallest absolute Gasteiger partial charge is 0.308 e. The lowest BCUT2D eigenvalue weighted by Crippen LogP contribution is -2.31. The molecule has 1 fully saturated rings. The quantitative estimate of drug-likeness (QED) is 0.903. The van der Waals surface area contributed by atoms with Crippen LogP contribution in [0.15, 0.2) is 12.1 Å². The van der Waals surface area contributed by atoms with Gasteiger partial charge in [0.15, 0.2) is 0 Å². The highest BCUT2D eigenvalue weighted by Gasteiger charge is 2.38. The topological polar surface area (TPSA) is 57.6 Å². The zero-order valence-electron chi connectivity index (χ0n) is 10.6. The van der Waals surface area contributed by atoms with Crippen LogP contribution < -0.4 is 0 Å². The number of nitrogens with zero attached hydrogens (tertiary/aromatic N) is 1. The van der Waals surface area contributed by atoms with E-state index in [1.165, 1.54) is 0 Å². The van der Waals surface area contributed by atoms with Gasteiger partial charge < -0.3 is 10.0 Å². The van der Waals surface area contributed by atoms with Gasteiger partial charge in [0.2, 0.25) is 0 Å². The first-order valence-electron chi connectivity index (χ1n) is 5.98. The monoisotopic (exact) mass is 287 g/mol. The molecule has 0 aromatic heterocycles. The zero-order valence-corrected chi connectivity index (χ0v) is 10.6. The van der Waals surface area contributed by atoms with Gasteiger partial charge in [-0.3, -0.25) is 9.59 Å². The van der Waals surface area contributed by atoms with Gasteiger partial charge in [0.1, 0.15) is 23.0 Å². The molecule has 0 bridgehead atoms. The van der Waals surface area contributed by atoms with Crippen LogP contribution in [0.5, 0.6) is 0 Å². The van der Waals surface area contributed by atoms with Crippen molar-refractivity contribution in [2.75, 3.05) is 13.1 Å². The fourth-order valence-corrected chi connectivity index (χ4v) is 2.36. The van der Waals surface area contributed by atoms with Gasteiger partial charge in [-0.05, 0) is 5.92 Å². The molecule has 2 rings (SSSR count). The summed E-state index contributed by atoms with van der Waals surface area (Å²) >= 11 is 0. The van der Waals surface area contributed by atoms with E-state index in [2.05, 4.69) is 0 Å². The SMILES string of the molecule is CC1CN(C(=O)c2c(F)cc(F)cc2F)CC1C(=O)O. The van der Waals surface area contributed by atoms with E-state index >= 15 is 0 Å². The number of hydrogen-bond acceptors (Lipinski definition) is 2. The molecule has 1 saturated heterocycles. The van der Waals surface area contributed by atoms with Crippen LogP contribution in [0.4, 0.5) is 13.2 Å². The predicted octanol–water partition coefficient (Wildman–Crippen LogP) is 1.90. The van der Waals surface area contributed by atoms with Crippen LogP contribution in [0.1, 0.15) is 17.3 Å². The highest BCUT2D eigenvalue weighted by atomic mass is 19.1. The van der Waals surface area contributed by atoms with Crippen molar-refractivity contribution < 1.29 is 27.9 Å². The van der Waals surface area contributed by atoms with Gasteiger partial charge in [-0.15, -0.1) is 0 Å². The lowest BCUT2D eigenvalue weighted by Gasteiger charge is -2.16. The van der Waals surface area contributed by atoms with E-state index < -0.39 is 40.8 Å². The van der Waals surface area contributed by atoms with Gasteiger partial charge >= 0.3 is 5.97 Å². The summed E-state index contributed by atoms with van der Waals surface area (Å²) in [4.78, 5) is 24.1. The van der Waals surface area contributed by atoms with Gasteiger partial charge in [-0.25, -0.2) is 13.2 Å². The van der Waals surface area contributed by atoms with E-state index in [9.17, 15) is 22.8 Å². The minimum Gasteiger partial charge on any atom is -0.481 e. The second-order valence-electron chi connectivity index (χ2n) is 4.88. The third kappa shape index (κ3) is 2.48. The van der Waals surface area contributed by atoms with Crippen molar-refractivity contribution in [2.45, 2.75) is 6.92 Å². The summed E-state index contributed by atoms with van der Waals surface area (Å²) in [6, 6.07) is 0.842. The molecule has 2 unspecified atom stereocenters. The number of hydrogen-bond donors (Lipinski definition) is 1. The van der Waals surface area contributed by atoms with Crippen LogP contribution in [-0.2, 0) is 4.79 Å². The lowest BCUT2D eigenvalue weighted by atomic mass is 9.99. The first kappa shape index (κ1) is 14.4. The standard InChI is InChI=1S/C13H12F3NO3/c1-6-4-17(5-8(6)13(19)20)12(18)11-9(15)2-7(14)3-10(11)16/h2-3,6,8H,4-5H2,1H3,(H,19,20). The number of rotatable bonds is 2. The van der Waals surface area contributed by atoms with E-state index in [1.54, 1.807) is 6.92 Å². The summed E-state index contributed by atoms with van der Waals surface area (Å²) in [5.41, 5.74) is -0.857. The van der Waals surface area contributed by atoms with Crippen LogP contribution in [0.3, 0.4) is 0 Å². The molecule has 4 nitrogen and oxygen atoms in total. The average Bonchev–Trinajstić information content (AvgIpc) is 2.69. The van der Waals surface area contributed by atoms with Gasteiger partial charge in [0, 0.05) is 25.2 Å². The van der Waals surface area contributed by atoms with Gasteiger partial charge in [-0.1, -0.05) is 6.92 Å². The van der Waals surface area contributed by atoms with Crippen molar-refractivity contribution in [2.24, 2.45) is 11.8 Å². The Morgan fingerprint density at radius 1 is 1.20 bits per heavy atom. The number of halogens is 3. The van der Waals surface area contributed by atoms with Gasteiger partial charge in [0.25, 0.3) is 5.91 Å². The molecule has 0 saturated carbocycles. The van der Waals surface area contributed by atoms with E-state index in [0.717, 1.165) is 4.90 Å². The first-order valence-corrected chi connectivity index (χ1v) is 5.98. The Morgan fingerprint density at radius 2 is 1.75 bits per heavy atom. The second kappa shape index (κ2) is 5.15. The molecule has 1 amide bonds. The Hall–Kier alpha value is -2.05. The zero-order chi connectivity index (χ0) is 15.0. The van der Waals surface area contributed by atoms with E-state index in [1.807, 2.05) is 0 Å². The molecule has 0 spiro atoms.